The standard InChI is InChI=1S/C21H30FN3O3/c1-15(2)28-18-6-5-16(22)13-17(18)25-11-9-24(10-12-25)8-4-7-21(3)14-19(26)23-20(21)27/h5-6,13,15H,4,7-12,14H2,1-3H3,(H,23,26,27). The van der Waals surface area contributed by atoms with Gasteiger partial charge in [-0.25, -0.2) is 4.39 Å². The molecule has 0 aliphatic carbocycles. The smallest absolute Gasteiger partial charge is 0.233 e. The Bertz CT molecular complexity index is 732. The van der Waals surface area contributed by atoms with Crippen LogP contribution in [0.4, 0.5) is 10.1 Å². The predicted molar refractivity (Wildman–Crippen MR) is 106 cm³/mol. The van der Waals surface area contributed by atoms with E-state index in [2.05, 4.69) is 15.1 Å². The Morgan fingerprint density at radius 2 is 1.93 bits per heavy atom. The number of imide groups is 1. The summed E-state index contributed by atoms with van der Waals surface area (Å²) in [5.74, 6) is 0.141. The van der Waals surface area contributed by atoms with E-state index in [1.807, 2.05) is 20.8 Å². The Hall–Kier alpha value is -2.15. The fourth-order valence-corrected chi connectivity index (χ4v) is 3.95. The van der Waals surface area contributed by atoms with Crippen molar-refractivity contribution >= 4 is 17.5 Å². The highest BCUT2D eigenvalue weighted by molar-refractivity contribution is 6.05. The number of piperazine rings is 1. The minimum Gasteiger partial charge on any atom is -0.489 e. The Morgan fingerprint density at radius 1 is 1.21 bits per heavy atom. The molecule has 0 spiro atoms. The molecule has 0 aromatic heterocycles. The van der Waals surface area contributed by atoms with Gasteiger partial charge in [0.05, 0.1) is 17.2 Å². The number of carbonyl (C=O) groups excluding carboxylic acids is 2. The first-order valence-electron chi connectivity index (χ1n) is 10.0. The van der Waals surface area contributed by atoms with E-state index in [1.54, 1.807) is 12.1 Å². The molecule has 1 atom stereocenters. The van der Waals surface area contributed by atoms with Gasteiger partial charge < -0.3 is 9.64 Å². The molecule has 1 aromatic carbocycles. The van der Waals surface area contributed by atoms with Gasteiger partial charge in [0.25, 0.3) is 0 Å². The van der Waals surface area contributed by atoms with Gasteiger partial charge in [0, 0.05) is 38.7 Å². The average Bonchev–Trinajstić information content (AvgIpc) is 2.89. The van der Waals surface area contributed by atoms with Crippen LogP contribution in [-0.4, -0.2) is 55.5 Å². The Morgan fingerprint density at radius 3 is 2.54 bits per heavy atom. The largest absolute Gasteiger partial charge is 0.489 e. The molecule has 1 N–H and O–H groups in total. The number of nitrogens with one attached hydrogen (secondary N) is 1. The van der Waals surface area contributed by atoms with Gasteiger partial charge in [-0.15, -0.1) is 0 Å². The van der Waals surface area contributed by atoms with Gasteiger partial charge in [0.1, 0.15) is 11.6 Å². The molecule has 2 saturated heterocycles. The molecule has 2 aliphatic rings. The minimum atomic E-state index is -0.566. The van der Waals surface area contributed by atoms with Crippen LogP contribution in [0.3, 0.4) is 0 Å². The van der Waals surface area contributed by atoms with E-state index >= 15 is 0 Å². The maximum absolute atomic E-state index is 13.8. The lowest BCUT2D eigenvalue weighted by Crippen LogP contribution is -2.47. The number of nitrogens with zero attached hydrogens (tertiary/aromatic N) is 2. The number of hydrogen-bond acceptors (Lipinski definition) is 5. The second-order valence-electron chi connectivity index (χ2n) is 8.33. The summed E-state index contributed by atoms with van der Waals surface area (Å²) in [5.41, 5.74) is 0.241. The van der Waals surface area contributed by atoms with Crippen molar-refractivity contribution in [1.29, 1.82) is 0 Å². The summed E-state index contributed by atoms with van der Waals surface area (Å²) in [5, 5.41) is 2.40. The zero-order valence-electron chi connectivity index (χ0n) is 17.0. The summed E-state index contributed by atoms with van der Waals surface area (Å²) in [4.78, 5) is 27.9. The summed E-state index contributed by atoms with van der Waals surface area (Å²) in [6, 6.07) is 4.68. The Kier molecular flexibility index (Phi) is 6.23. The van der Waals surface area contributed by atoms with Gasteiger partial charge in [-0.3, -0.25) is 19.8 Å². The molecule has 1 aromatic rings. The zero-order valence-corrected chi connectivity index (χ0v) is 17.0. The highest BCUT2D eigenvalue weighted by Gasteiger charge is 2.41. The topological polar surface area (TPSA) is 61.9 Å². The molecule has 0 radical (unpaired) electrons. The van der Waals surface area contributed by atoms with Crippen LogP contribution in [0.2, 0.25) is 0 Å². The highest BCUT2D eigenvalue weighted by Crippen LogP contribution is 2.33. The number of amides is 2. The van der Waals surface area contributed by atoms with Crippen molar-refractivity contribution < 1.29 is 18.7 Å². The van der Waals surface area contributed by atoms with Crippen molar-refractivity contribution in [3.05, 3.63) is 24.0 Å². The molecular weight excluding hydrogens is 361 g/mol. The quantitative estimate of drug-likeness (QED) is 0.724. The average molecular weight is 391 g/mol. The number of ether oxygens (including phenoxy) is 1. The van der Waals surface area contributed by atoms with E-state index in [0.29, 0.717) is 6.42 Å². The zero-order chi connectivity index (χ0) is 20.3. The molecule has 2 amide bonds. The molecule has 1 unspecified atom stereocenters. The van der Waals surface area contributed by atoms with Crippen molar-refractivity contribution in [2.75, 3.05) is 37.6 Å². The number of benzene rings is 1. The lowest BCUT2D eigenvalue weighted by atomic mass is 9.84. The summed E-state index contributed by atoms with van der Waals surface area (Å²) in [7, 11) is 0. The van der Waals surface area contributed by atoms with E-state index in [1.165, 1.54) is 6.07 Å². The molecule has 0 saturated carbocycles. The molecule has 2 fully saturated rings. The van der Waals surface area contributed by atoms with Crippen molar-refractivity contribution in [2.45, 2.75) is 46.1 Å². The van der Waals surface area contributed by atoms with Gasteiger partial charge in [-0.05, 0) is 45.4 Å². The number of anilines is 1. The molecule has 6 nitrogen and oxygen atoms in total. The lowest BCUT2D eigenvalue weighted by molar-refractivity contribution is -0.128. The van der Waals surface area contributed by atoms with Crippen LogP contribution in [0.25, 0.3) is 0 Å². The van der Waals surface area contributed by atoms with Crippen LogP contribution in [0.5, 0.6) is 5.75 Å². The fourth-order valence-electron chi connectivity index (χ4n) is 3.95. The third kappa shape index (κ3) is 4.82. The third-order valence-electron chi connectivity index (χ3n) is 5.55. The Balaban J connectivity index is 1.50. The van der Waals surface area contributed by atoms with Crippen LogP contribution in [0.15, 0.2) is 18.2 Å². The van der Waals surface area contributed by atoms with Crippen molar-refractivity contribution in [3.63, 3.8) is 0 Å². The summed E-state index contributed by atoms with van der Waals surface area (Å²) < 4.78 is 19.6. The second kappa shape index (κ2) is 8.47. The van der Waals surface area contributed by atoms with E-state index in [-0.39, 0.29) is 30.2 Å². The second-order valence-corrected chi connectivity index (χ2v) is 8.33. The molecule has 154 valence electrons. The number of carbonyl (C=O) groups is 2. The van der Waals surface area contributed by atoms with Crippen molar-refractivity contribution in [3.8, 4) is 5.75 Å². The summed E-state index contributed by atoms with van der Waals surface area (Å²) >= 11 is 0. The van der Waals surface area contributed by atoms with Crippen molar-refractivity contribution in [2.24, 2.45) is 5.41 Å². The van der Waals surface area contributed by atoms with Gasteiger partial charge >= 0.3 is 0 Å². The molecule has 0 bridgehead atoms. The van der Waals surface area contributed by atoms with Crippen molar-refractivity contribution in [1.82, 2.24) is 10.2 Å². The first kappa shape index (κ1) is 20.6. The van der Waals surface area contributed by atoms with Gasteiger partial charge in [-0.1, -0.05) is 6.92 Å². The minimum absolute atomic E-state index is 0.0338. The number of halogens is 1. The van der Waals surface area contributed by atoms with Crippen LogP contribution in [0.1, 0.15) is 40.0 Å². The maximum Gasteiger partial charge on any atom is 0.233 e. The highest BCUT2D eigenvalue weighted by atomic mass is 19.1. The molecule has 3 rings (SSSR count). The lowest BCUT2D eigenvalue weighted by Gasteiger charge is -2.37. The Labute approximate surface area is 166 Å². The summed E-state index contributed by atoms with van der Waals surface area (Å²) in [6.45, 7) is 10.0. The molecule has 2 heterocycles. The van der Waals surface area contributed by atoms with Crippen LogP contribution in [-0.2, 0) is 9.59 Å². The van der Waals surface area contributed by atoms with Crippen LogP contribution in [0, 0.1) is 11.2 Å². The van der Waals surface area contributed by atoms with E-state index in [9.17, 15) is 14.0 Å². The summed E-state index contributed by atoms with van der Waals surface area (Å²) in [6.07, 6.45) is 1.91. The first-order valence-corrected chi connectivity index (χ1v) is 10.0. The first-order chi connectivity index (χ1) is 13.3. The monoisotopic (exact) mass is 391 g/mol. The molecule has 2 aliphatic heterocycles. The number of hydrogen-bond donors (Lipinski definition) is 1. The van der Waals surface area contributed by atoms with Gasteiger partial charge in [0.15, 0.2) is 0 Å². The van der Waals surface area contributed by atoms with E-state index in [4.69, 9.17) is 4.74 Å². The SMILES string of the molecule is CC(C)Oc1ccc(F)cc1N1CCN(CCCC2(C)CC(=O)NC2=O)CC1. The van der Waals surface area contributed by atoms with Crippen LogP contribution < -0.4 is 15.0 Å². The van der Waals surface area contributed by atoms with Gasteiger partial charge in [0.2, 0.25) is 11.8 Å². The normalized spacial score (nSPS) is 23.4. The van der Waals surface area contributed by atoms with E-state index in [0.717, 1.165) is 50.6 Å². The maximum atomic E-state index is 13.8. The fraction of sp³-hybridized carbons (Fsp3) is 0.619. The van der Waals surface area contributed by atoms with E-state index < -0.39 is 5.41 Å². The van der Waals surface area contributed by atoms with Crippen LogP contribution >= 0.6 is 0 Å². The molecule has 7 heteroatoms. The predicted octanol–water partition coefficient (Wildman–Crippen LogP) is 2.57. The molecular formula is C21H30FN3O3. The third-order valence-corrected chi connectivity index (χ3v) is 5.55. The number of rotatable bonds is 7. The molecule has 28 heavy (non-hydrogen) atoms. The van der Waals surface area contributed by atoms with Gasteiger partial charge in [-0.2, -0.15) is 0 Å².